The predicted octanol–water partition coefficient (Wildman–Crippen LogP) is 4.58. The summed E-state index contributed by atoms with van der Waals surface area (Å²) in [6, 6.07) is 8.80. The molecule has 1 heteroatoms. The second-order valence-corrected chi connectivity index (χ2v) is 6.46. The third-order valence-electron chi connectivity index (χ3n) is 4.65. The largest absolute Gasteiger partial charge is 0.122 e. The summed E-state index contributed by atoms with van der Waals surface area (Å²) in [5, 5.41) is 0.366. The SMILES string of the molecule is Cc1cccc(CC(Cl)C2C3CCCCC32)c1. The highest BCUT2D eigenvalue weighted by Gasteiger charge is 2.53. The molecule has 0 nitrogen and oxygen atoms in total. The van der Waals surface area contributed by atoms with Gasteiger partial charge in [-0.15, -0.1) is 11.6 Å². The Hall–Kier alpha value is -0.490. The maximum Gasteiger partial charge on any atom is 0.0410 e. The molecule has 0 N–H and O–H groups in total. The first kappa shape index (κ1) is 11.6. The van der Waals surface area contributed by atoms with Crippen LogP contribution in [-0.4, -0.2) is 5.38 Å². The second-order valence-electron chi connectivity index (χ2n) is 5.90. The Morgan fingerprint density at radius 1 is 1.24 bits per heavy atom. The molecular formula is C16H21Cl. The molecule has 2 aliphatic rings. The van der Waals surface area contributed by atoms with E-state index >= 15 is 0 Å². The van der Waals surface area contributed by atoms with Crippen molar-refractivity contribution in [3.8, 4) is 0 Å². The molecule has 2 saturated carbocycles. The minimum atomic E-state index is 0.366. The molecule has 2 aliphatic carbocycles. The van der Waals surface area contributed by atoms with Crippen molar-refractivity contribution in [3.63, 3.8) is 0 Å². The topological polar surface area (TPSA) is 0 Å². The lowest BCUT2D eigenvalue weighted by Crippen LogP contribution is -2.08. The average Bonchev–Trinajstić information content (AvgIpc) is 3.03. The van der Waals surface area contributed by atoms with Crippen LogP contribution in [0.1, 0.15) is 36.8 Å². The highest BCUT2D eigenvalue weighted by atomic mass is 35.5. The van der Waals surface area contributed by atoms with Crippen molar-refractivity contribution >= 4 is 11.6 Å². The zero-order valence-corrected chi connectivity index (χ0v) is 11.3. The van der Waals surface area contributed by atoms with Crippen molar-refractivity contribution in [3.05, 3.63) is 35.4 Å². The number of rotatable bonds is 3. The number of hydrogen-bond acceptors (Lipinski definition) is 0. The van der Waals surface area contributed by atoms with Crippen LogP contribution in [0.25, 0.3) is 0 Å². The molecule has 0 aromatic heterocycles. The molecule has 0 aliphatic heterocycles. The van der Waals surface area contributed by atoms with Gasteiger partial charge in [0.25, 0.3) is 0 Å². The molecular weight excluding hydrogens is 228 g/mol. The van der Waals surface area contributed by atoms with E-state index in [1.54, 1.807) is 0 Å². The minimum absolute atomic E-state index is 0.366. The maximum atomic E-state index is 6.64. The fourth-order valence-electron chi connectivity index (χ4n) is 3.78. The Morgan fingerprint density at radius 2 is 1.94 bits per heavy atom. The van der Waals surface area contributed by atoms with Crippen molar-refractivity contribution in [2.45, 2.75) is 44.4 Å². The molecule has 0 amide bonds. The fraction of sp³-hybridized carbons (Fsp3) is 0.625. The first-order valence-electron chi connectivity index (χ1n) is 6.95. The van der Waals surface area contributed by atoms with Gasteiger partial charge in [0.05, 0.1) is 0 Å². The molecule has 17 heavy (non-hydrogen) atoms. The van der Waals surface area contributed by atoms with Crippen LogP contribution in [0.2, 0.25) is 0 Å². The highest BCUT2D eigenvalue weighted by Crippen LogP contribution is 2.58. The molecule has 1 aromatic carbocycles. The van der Waals surface area contributed by atoms with Gasteiger partial charge in [-0.25, -0.2) is 0 Å². The van der Waals surface area contributed by atoms with Crippen LogP contribution in [0.15, 0.2) is 24.3 Å². The lowest BCUT2D eigenvalue weighted by molar-refractivity contribution is 0.480. The van der Waals surface area contributed by atoms with Crippen molar-refractivity contribution < 1.29 is 0 Å². The predicted molar refractivity (Wildman–Crippen MR) is 73.5 cm³/mol. The molecule has 3 rings (SSSR count). The summed E-state index contributed by atoms with van der Waals surface area (Å²) < 4.78 is 0. The quantitative estimate of drug-likeness (QED) is 0.687. The zero-order chi connectivity index (χ0) is 11.8. The highest BCUT2D eigenvalue weighted by molar-refractivity contribution is 6.21. The van der Waals surface area contributed by atoms with Gasteiger partial charge in [-0.3, -0.25) is 0 Å². The number of aryl methyl sites for hydroxylation is 1. The molecule has 0 radical (unpaired) electrons. The number of hydrogen-bond donors (Lipinski definition) is 0. The molecule has 92 valence electrons. The molecule has 3 atom stereocenters. The molecule has 2 fully saturated rings. The molecule has 0 spiro atoms. The van der Waals surface area contributed by atoms with E-state index in [2.05, 4.69) is 31.2 Å². The van der Waals surface area contributed by atoms with E-state index in [1.807, 2.05) is 0 Å². The number of fused-ring (bicyclic) bond motifs is 1. The number of benzene rings is 1. The van der Waals surface area contributed by atoms with Gasteiger partial charge in [-0.2, -0.15) is 0 Å². The number of alkyl halides is 1. The molecule has 3 unspecified atom stereocenters. The van der Waals surface area contributed by atoms with E-state index < -0.39 is 0 Å². The monoisotopic (exact) mass is 248 g/mol. The summed E-state index contributed by atoms with van der Waals surface area (Å²) in [6.45, 7) is 2.16. The third-order valence-corrected chi connectivity index (χ3v) is 5.10. The van der Waals surface area contributed by atoms with Gasteiger partial charge < -0.3 is 0 Å². The van der Waals surface area contributed by atoms with Crippen molar-refractivity contribution in [2.75, 3.05) is 0 Å². The van der Waals surface area contributed by atoms with E-state index in [0.717, 1.165) is 24.2 Å². The maximum absolute atomic E-state index is 6.64. The summed E-state index contributed by atoms with van der Waals surface area (Å²) in [6.07, 6.45) is 6.80. The van der Waals surface area contributed by atoms with Gasteiger partial charge in [0.15, 0.2) is 0 Å². The Morgan fingerprint density at radius 3 is 2.59 bits per heavy atom. The Bertz CT molecular complexity index is 386. The van der Waals surface area contributed by atoms with Crippen LogP contribution >= 0.6 is 11.6 Å². The van der Waals surface area contributed by atoms with E-state index in [4.69, 9.17) is 11.6 Å². The van der Waals surface area contributed by atoms with Crippen LogP contribution in [0, 0.1) is 24.7 Å². The van der Waals surface area contributed by atoms with Crippen LogP contribution in [0.4, 0.5) is 0 Å². The molecule has 0 saturated heterocycles. The molecule has 0 heterocycles. The smallest absolute Gasteiger partial charge is 0.0410 e. The normalized spacial score (nSPS) is 32.9. The van der Waals surface area contributed by atoms with Gasteiger partial charge >= 0.3 is 0 Å². The summed E-state index contributed by atoms with van der Waals surface area (Å²) in [7, 11) is 0. The van der Waals surface area contributed by atoms with Gasteiger partial charge in [0, 0.05) is 5.38 Å². The first-order valence-corrected chi connectivity index (χ1v) is 7.39. The van der Waals surface area contributed by atoms with Gasteiger partial charge in [-0.1, -0.05) is 42.7 Å². The van der Waals surface area contributed by atoms with Gasteiger partial charge in [-0.05, 0) is 49.5 Å². The average molecular weight is 249 g/mol. The summed E-state index contributed by atoms with van der Waals surface area (Å²) in [5.41, 5.74) is 2.76. The summed E-state index contributed by atoms with van der Waals surface area (Å²) in [5.74, 6) is 2.76. The minimum Gasteiger partial charge on any atom is -0.122 e. The van der Waals surface area contributed by atoms with Crippen LogP contribution in [-0.2, 0) is 6.42 Å². The van der Waals surface area contributed by atoms with E-state index in [9.17, 15) is 0 Å². The van der Waals surface area contributed by atoms with Crippen LogP contribution in [0.5, 0.6) is 0 Å². The van der Waals surface area contributed by atoms with E-state index in [1.165, 1.54) is 36.8 Å². The zero-order valence-electron chi connectivity index (χ0n) is 10.5. The van der Waals surface area contributed by atoms with Crippen LogP contribution in [0.3, 0.4) is 0 Å². The van der Waals surface area contributed by atoms with Gasteiger partial charge in [0.1, 0.15) is 0 Å². The lowest BCUT2D eigenvalue weighted by Gasteiger charge is -2.09. The van der Waals surface area contributed by atoms with Crippen molar-refractivity contribution in [1.82, 2.24) is 0 Å². The Labute approximate surface area is 109 Å². The Kier molecular flexibility index (Phi) is 3.17. The summed E-state index contributed by atoms with van der Waals surface area (Å²) >= 11 is 6.64. The van der Waals surface area contributed by atoms with E-state index in [0.29, 0.717) is 5.38 Å². The third kappa shape index (κ3) is 2.38. The van der Waals surface area contributed by atoms with Crippen molar-refractivity contribution in [1.29, 1.82) is 0 Å². The standard InChI is InChI=1S/C16H21Cl/c1-11-5-4-6-12(9-11)10-15(17)16-13-7-2-3-8-14(13)16/h4-6,9,13-16H,2-3,7-8,10H2,1H3. The van der Waals surface area contributed by atoms with Crippen LogP contribution < -0.4 is 0 Å². The lowest BCUT2D eigenvalue weighted by atomic mass is 10.0. The first-order chi connectivity index (χ1) is 8.25. The van der Waals surface area contributed by atoms with Crippen molar-refractivity contribution in [2.24, 2.45) is 17.8 Å². The summed E-state index contributed by atoms with van der Waals surface area (Å²) in [4.78, 5) is 0. The van der Waals surface area contributed by atoms with E-state index in [-0.39, 0.29) is 0 Å². The molecule has 0 bridgehead atoms. The van der Waals surface area contributed by atoms with Gasteiger partial charge in [0.2, 0.25) is 0 Å². The fourth-order valence-corrected chi connectivity index (χ4v) is 4.34. The molecule has 1 aromatic rings. The Balaban J connectivity index is 1.62. The second kappa shape index (κ2) is 4.65. The number of halogens is 1.